The number of nitrogens with one attached hydrogen (secondary N) is 1. The zero-order valence-corrected chi connectivity index (χ0v) is 18.0. The van der Waals surface area contributed by atoms with Gasteiger partial charge in [0.25, 0.3) is 5.56 Å². The van der Waals surface area contributed by atoms with Gasteiger partial charge in [-0.25, -0.2) is 4.98 Å². The number of aryl methyl sites for hydroxylation is 1. The topological polar surface area (TPSA) is 64.0 Å². The summed E-state index contributed by atoms with van der Waals surface area (Å²) >= 11 is 3.01. The lowest BCUT2D eigenvalue weighted by atomic mass is 9.89. The lowest BCUT2D eigenvalue weighted by molar-refractivity contribution is -0.119. The molecule has 5 nitrogen and oxygen atoms in total. The number of allylic oxidation sites excluding steroid dienone is 1. The molecule has 4 rings (SSSR count). The van der Waals surface area contributed by atoms with Crippen LogP contribution in [-0.4, -0.2) is 27.3 Å². The summed E-state index contributed by atoms with van der Waals surface area (Å²) in [6, 6.07) is 0.310. The molecule has 7 heteroatoms. The molecule has 2 aliphatic rings. The van der Waals surface area contributed by atoms with Crippen LogP contribution in [0.25, 0.3) is 10.2 Å². The van der Waals surface area contributed by atoms with Crippen molar-refractivity contribution in [1.82, 2.24) is 14.9 Å². The number of aromatic nitrogens is 2. The Kier molecular flexibility index (Phi) is 5.92. The lowest BCUT2D eigenvalue weighted by Gasteiger charge is -2.17. The molecule has 1 saturated carbocycles. The zero-order chi connectivity index (χ0) is 19.7. The van der Waals surface area contributed by atoms with Gasteiger partial charge >= 0.3 is 0 Å². The Balaban J connectivity index is 1.61. The Morgan fingerprint density at radius 1 is 1.39 bits per heavy atom. The molecule has 1 N–H and O–H groups in total. The molecule has 2 aliphatic carbocycles. The zero-order valence-electron chi connectivity index (χ0n) is 16.3. The molecule has 150 valence electrons. The first kappa shape index (κ1) is 19.7. The normalized spacial score (nSPS) is 19.7. The van der Waals surface area contributed by atoms with Gasteiger partial charge in [-0.15, -0.1) is 17.9 Å². The van der Waals surface area contributed by atoms with Crippen LogP contribution in [-0.2, 0) is 24.2 Å². The highest BCUT2D eigenvalue weighted by molar-refractivity contribution is 7.99. The third-order valence-electron chi connectivity index (χ3n) is 5.74. The highest BCUT2D eigenvalue weighted by atomic mass is 32.2. The van der Waals surface area contributed by atoms with Gasteiger partial charge in [-0.05, 0) is 43.6 Å². The van der Waals surface area contributed by atoms with Crippen LogP contribution in [0.1, 0.15) is 49.5 Å². The number of nitrogens with zero attached hydrogens (tertiary/aromatic N) is 2. The molecule has 1 amide bonds. The molecule has 2 heterocycles. The van der Waals surface area contributed by atoms with Crippen LogP contribution >= 0.6 is 23.1 Å². The monoisotopic (exact) mass is 417 g/mol. The van der Waals surface area contributed by atoms with Crippen molar-refractivity contribution in [3.8, 4) is 0 Å². The van der Waals surface area contributed by atoms with E-state index in [0.29, 0.717) is 23.7 Å². The third-order valence-corrected chi connectivity index (χ3v) is 7.87. The van der Waals surface area contributed by atoms with E-state index in [2.05, 4.69) is 18.8 Å². The van der Waals surface area contributed by atoms with E-state index in [9.17, 15) is 9.59 Å². The molecule has 0 aromatic carbocycles. The summed E-state index contributed by atoms with van der Waals surface area (Å²) in [6.45, 7) is 6.47. The maximum atomic E-state index is 13.2. The first-order valence-electron chi connectivity index (χ1n) is 10.1. The van der Waals surface area contributed by atoms with Crippen molar-refractivity contribution in [1.29, 1.82) is 0 Å². The largest absolute Gasteiger partial charge is 0.353 e. The van der Waals surface area contributed by atoms with Gasteiger partial charge in [0.1, 0.15) is 4.83 Å². The van der Waals surface area contributed by atoms with Crippen LogP contribution in [0.3, 0.4) is 0 Å². The number of fused-ring (bicyclic) bond motifs is 3. The number of hydrogen-bond acceptors (Lipinski definition) is 5. The Bertz CT molecular complexity index is 957. The van der Waals surface area contributed by atoms with Gasteiger partial charge in [-0.2, -0.15) is 0 Å². The van der Waals surface area contributed by atoms with Crippen molar-refractivity contribution in [2.45, 2.75) is 69.6 Å². The quantitative estimate of drug-likeness (QED) is 0.440. The van der Waals surface area contributed by atoms with Crippen LogP contribution < -0.4 is 10.9 Å². The summed E-state index contributed by atoms with van der Waals surface area (Å²) < 4.78 is 1.67. The number of rotatable bonds is 6. The number of hydrogen-bond donors (Lipinski definition) is 1. The average Bonchev–Trinajstić information content (AvgIpc) is 3.29. The number of thiophene rings is 1. The van der Waals surface area contributed by atoms with Crippen molar-refractivity contribution in [3.63, 3.8) is 0 Å². The number of amides is 1. The molecule has 0 bridgehead atoms. The summed E-state index contributed by atoms with van der Waals surface area (Å²) in [5.41, 5.74) is 1.21. The molecule has 0 saturated heterocycles. The second-order valence-corrected chi connectivity index (χ2v) is 9.99. The van der Waals surface area contributed by atoms with Gasteiger partial charge in [-0.1, -0.05) is 37.6 Å². The Morgan fingerprint density at radius 2 is 2.18 bits per heavy atom. The van der Waals surface area contributed by atoms with Gasteiger partial charge in [0.15, 0.2) is 5.16 Å². The van der Waals surface area contributed by atoms with Crippen LogP contribution in [0.4, 0.5) is 0 Å². The highest BCUT2D eigenvalue weighted by Crippen LogP contribution is 2.36. The van der Waals surface area contributed by atoms with E-state index in [1.165, 1.54) is 35.0 Å². The SMILES string of the molecule is C=CCn1c(SCC(=O)NC2CCCC2)nc2sc3c(c2c1=O)CC[C@H](C)C3. The van der Waals surface area contributed by atoms with E-state index >= 15 is 0 Å². The maximum absolute atomic E-state index is 13.2. The molecule has 1 fully saturated rings. The van der Waals surface area contributed by atoms with E-state index in [1.807, 2.05) is 0 Å². The van der Waals surface area contributed by atoms with Crippen molar-refractivity contribution in [2.24, 2.45) is 5.92 Å². The standard InChI is InChI=1S/C21H27N3O2S2/c1-3-10-24-20(26)18-15-9-8-13(2)11-16(15)28-19(18)23-21(24)27-12-17(25)22-14-6-4-5-7-14/h3,13-14H,1,4-12H2,2H3,(H,22,25)/t13-/m0/s1. The summed E-state index contributed by atoms with van der Waals surface area (Å²) in [5.74, 6) is 0.966. The first-order chi connectivity index (χ1) is 13.6. The maximum Gasteiger partial charge on any atom is 0.263 e. The van der Waals surface area contributed by atoms with Gasteiger partial charge in [0.2, 0.25) is 5.91 Å². The fourth-order valence-corrected chi connectivity index (χ4v) is 6.52. The van der Waals surface area contributed by atoms with E-state index in [4.69, 9.17) is 4.98 Å². The van der Waals surface area contributed by atoms with E-state index < -0.39 is 0 Å². The number of carbonyl (C=O) groups excluding carboxylic acids is 1. The summed E-state index contributed by atoms with van der Waals surface area (Å²) in [5, 5.41) is 4.51. The lowest BCUT2D eigenvalue weighted by Crippen LogP contribution is -2.34. The predicted molar refractivity (Wildman–Crippen MR) is 116 cm³/mol. The number of carbonyl (C=O) groups is 1. The highest BCUT2D eigenvalue weighted by Gasteiger charge is 2.25. The second-order valence-electron chi connectivity index (χ2n) is 7.97. The average molecular weight is 418 g/mol. The molecule has 0 unspecified atom stereocenters. The molecule has 0 spiro atoms. The summed E-state index contributed by atoms with van der Waals surface area (Å²) in [4.78, 5) is 32.5. The van der Waals surface area contributed by atoms with E-state index in [1.54, 1.807) is 22.0 Å². The van der Waals surface area contributed by atoms with Crippen molar-refractivity contribution in [3.05, 3.63) is 33.4 Å². The van der Waals surface area contributed by atoms with Crippen LogP contribution in [0.5, 0.6) is 0 Å². The van der Waals surface area contributed by atoms with Gasteiger partial charge in [0.05, 0.1) is 11.1 Å². The van der Waals surface area contributed by atoms with E-state index in [0.717, 1.165) is 42.3 Å². The molecule has 2 aromatic rings. The Hall–Kier alpha value is -1.60. The minimum atomic E-state index is 0.00986. The molecular formula is C21H27N3O2S2. The molecular weight excluding hydrogens is 390 g/mol. The van der Waals surface area contributed by atoms with Crippen LogP contribution in [0.2, 0.25) is 0 Å². The second kappa shape index (κ2) is 8.41. The Morgan fingerprint density at radius 3 is 2.93 bits per heavy atom. The van der Waals surface area contributed by atoms with Crippen molar-refractivity contribution >= 4 is 39.2 Å². The molecule has 0 radical (unpaired) electrons. The van der Waals surface area contributed by atoms with Crippen LogP contribution in [0, 0.1) is 5.92 Å². The van der Waals surface area contributed by atoms with Crippen molar-refractivity contribution < 1.29 is 4.79 Å². The predicted octanol–water partition coefficient (Wildman–Crippen LogP) is 3.92. The Labute approximate surface area is 173 Å². The molecule has 28 heavy (non-hydrogen) atoms. The van der Waals surface area contributed by atoms with Crippen LogP contribution in [0.15, 0.2) is 22.6 Å². The minimum Gasteiger partial charge on any atom is -0.353 e. The van der Waals surface area contributed by atoms with Gasteiger partial charge in [0, 0.05) is 17.5 Å². The fraction of sp³-hybridized carbons (Fsp3) is 0.571. The summed E-state index contributed by atoms with van der Waals surface area (Å²) in [7, 11) is 0. The van der Waals surface area contributed by atoms with Gasteiger partial charge < -0.3 is 5.32 Å². The molecule has 0 aliphatic heterocycles. The fourth-order valence-electron chi connectivity index (χ4n) is 4.27. The third kappa shape index (κ3) is 3.92. The van der Waals surface area contributed by atoms with E-state index in [-0.39, 0.29) is 17.2 Å². The molecule has 1 atom stereocenters. The molecule has 2 aromatic heterocycles. The van der Waals surface area contributed by atoms with Crippen molar-refractivity contribution in [2.75, 3.05) is 5.75 Å². The minimum absolute atomic E-state index is 0.00986. The summed E-state index contributed by atoms with van der Waals surface area (Å²) in [6.07, 6.45) is 9.35. The smallest absolute Gasteiger partial charge is 0.263 e. The first-order valence-corrected chi connectivity index (χ1v) is 11.9. The van der Waals surface area contributed by atoms with Gasteiger partial charge in [-0.3, -0.25) is 14.2 Å². The number of thioether (sulfide) groups is 1.